The van der Waals surface area contributed by atoms with Gasteiger partial charge in [0.1, 0.15) is 11.4 Å². The van der Waals surface area contributed by atoms with Crippen LogP contribution in [0.25, 0.3) is 0 Å². The number of nitrogens with one attached hydrogen (secondary N) is 1. The van der Waals surface area contributed by atoms with Crippen LogP contribution in [0.2, 0.25) is 0 Å². The van der Waals surface area contributed by atoms with Gasteiger partial charge in [0.25, 0.3) is 0 Å². The average Bonchev–Trinajstić information content (AvgIpc) is 2.64. The molecule has 1 rings (SSSR count). The molecule has 0 saturated heterocycles. The van der Waals surface area contributed by atoms with Crippen molar-refractivity contribution >= 4 is 12.1 Å². The van der Waals surface area contributed by atoms with Gasteiger partial charge in [0.2, 0.25) is 0 Å². The Labute approximate surface area is 105 Å². The van der Waals surface area contributed by atoms with Gasteiger partial charge in [-0.3, -0.25) is 0 Å². The first-order valence-electron chi connectivity index (χ1n) is 5.50. The third-order valence-electron chi connectivity index (χ3n) is 1.95. The molecule has 1 aromatic rings. The molecular formula is C12H16NO5-. The number of rotatable bonds is 4. The van der Waals surface area contributed by atoms with Gasteiger partial charge in [0.15, 0.2) is 0 Å². The highest BCUT2D eigenvalue weighted by molar-refractivity contribution is 5.71. The first-order chi connectivity index (χ1) is 8.28. The van der Waals surface area contributed by atoms with Crippen molar-refractivity contribution in [3.63, 3.8) is 0 Å². The molecule has 1 heterocycles. The monoisotopic (exact) mass is 254 g/mol. The molecular weight excluding hydrogens is 238 g/mol. The van der Waals surface area contributed by atoms with Crippen LogP contribution in [-0.4, -0.2) is 17.7 Å². The van der Waals surface area contributed by atoms with Crippen molar-refractivity contribution in [2.24, 2.45) is 0 Å². The molecule has 6 nitrogen and oxygen atoms in total. The SMILES string of the molecule is CC(C)(C)OC(=O)N[C@H](CC(=O)[O-])c1ccco1. The molecule has 1 N–H and O–H groups in total. The largest absolute Gasteiger partial charge is 0.550 e. The zero-order chi connectivity index (χ0) is 13.8. The normalized spacial score (nSPS) is 12.8. The number of carbonyl (C=O) groups excluding carboxylic acids is 2. The number of hydrogen-bond acceptors (Lipinski definition) is 5. The first-order valence-corrected chi connectivity index (χ1v) is 5.50. The van der Waals surface area contributed by atoms with Crippen LogP contribution in [0.5, 0.6) is 0 Å². The second kappa shape index (κ2) is 5.57. The van der Waals surface area contributed by atoms with Crippen molar-refractivity contribution in [3.05, 3.63) is 24.2 Å². The summed E-state index contributed by atoms with van der Waals surface area (Å²) in [5.74, 6) is -0.947. The molecule has 0 bridgehead atoms. The van der Waals surface area contributed by atoms with E-state index in [0.717, 1.165) is 0 Å². The summed E-state index contributed by atoms with van der Waals surface area (Å²) in [7, 11) is 0. The van der Waals surface area contributed by atoms with E-state index >= 15 is 0 Å². The summed E-state index contributed by atoms with van der Waals surface area (Å²) in [6.07, 6.45) is 0.311. The first kappa shape index (κ1) is 14.1. The Bertz CT molecular complexity index is 405. The standard InChI is InChI=1S/C12H17NO5/c1-12(2,3)18-11(16)13-8(7-10(14)15)9-5-4-6-17-9/h4-6,8H,7H2,1-3H3,(H,13,16)(H,14,15)/p-1/t8-/m1/s1. The minimum atomic E-state index is -1.28. The second-order valence-electron chi connectivity index (χ2n) is 4.79. The molecule has 0 aliphatic carbocycles. The van der Waals surface area contributed by atoms with Gasteiger partial charge in [0.05, 0.1) is 12.3 Å². The van der Waals surface area contributed by atoms with Gasteiger partial charge in [-0.05, 0) is 32.9 Å². The van der Waals surface area contributed by atoms with E-state index in [1.165, 1.54) is 6.26 Å². The highest BCUT2D eigenvalue weighted by Gasteiger charge is 2.22. The number of furan rings is 1. The fraction of sp³-hybridized carbons (Fsp3) is 0.500. The molecule has 0 saturated carbocycles. The van der Waals surface area contributed by atoms with Crippen molar-refractivity contribution in [1.29, 1.82) is 0 Å². The van der Waals surface area contributed by atoms with Crippen LogP contribution in [0.4, 0.5) is 4.79 Å². The Balaban J connectivity index is 2.68. The van der Waals surface area contributed by atoms with E-state index in [1.807, 2.05) is 0 Å². The second-order valence-corrected chi connectivity index (χ2v) is 4.79. The third-order valence-corrected chi connectivity index (χ3v) is 1.95. The van der Waals surface area contributed by atoms with Crippen LogP contribution in [0.3, 0.4) is 0 Å². The van der Waals surface area contributed by atoms with E-state index in [4.69, 9.17) is 9.15 Å². The van der Waals surface area contributed by atoms with E-state index in [9.17, 15) is 14.7 Å². The highest BCUT2D eigenvalue weighted by atomic mass is 16.6. The number of carboxylic acid groups (broad SMARTS) is 1. The number of amides is 1. The quantitative estimate of drug-likeness (QED) is 0.864. The fourth-order valence-electron chi connectivity index (χ4n) is 1.33. The maximum atomic E-state index is 11.6. The molecule has 0 unspecified atom stereocenters. The van der Waals surface area contributed by atoms with Crippen LogP contribution in [-0.2, 0) is 9.53 Å². The lowest BCUT2D eigenvalue weighted by molar-refractivity contribution is -0.306. The smallest absolute Gasteiger partial charge is 0.408 e. The lowest BCUT2D eigenvalue weighted by atomic mass is 10.1. The van der Waals surface area contributed by atoms with E-state index in [2.05, 4.69) is 5.32 Å². The molecule has 1 aromatic heterocycles. The molecule has 0 radical (unpaired) electrons. The van der Waals surface area contributed by atoms with E-state index in [1.54, 1.807) is 32.9 Å². The molecule has 0 fully saturated rings. The number of aliphatic carboxylic acids is 1. The Morgan fingerprint density at radius 2 is 2.17 bits per heavy atom. The number of carboxylic acids is 1. The predicted octanol–water partition coefficient (Wildman–Crippen LogP) is 0.985. The van der Waals surface area contributed by atoms with Gasteiger partial charge in [-0.25, -0.2) is 4.79 Å². The van der Waals surface area contributed by atoms with Gasteiger partial charge in [-0.2, -0.15) is 0 Å². The molecule has 0 aliphatic rings. The summed E-state index contributed by atoms with van der Waals surface area (Å²) in [6, 6.07) is 2.37. The van der Waals surface area contributed by atoms with Crippen LogP contribution in [0.1, 0.15) is 39.0 Å². The number of alkyl carbamates (subject to hydrolysis) is 1. The summed E-state index contributed by atoms with van der Waals surface area (Å²) in [5, 5.41) is 13.1. The number of ether oxygens (including phenoxy) is 1. The average molecular weight is 254 g/mol. The summed E-state index contributed by atoms with van der Waals surface area (Å²) in [4.78, 5) is 22.2. The Kier molecular flexibility index (Phi) is 4.36. The fourth-order valence-corrected chi connectivity index (χ4v) is 1.33. The minimum absolute atomic E-state index is 0.338. The van der Waals surface area contributed by atoms with Crippen molar-refractivity contribution in [2.45, 2.75) is 38.8 Å². The van der Waals surface area contributed by atoms with Crippen molar-refractivity contribution in [1.82, 2.24) is 5.32 Å². The summed E-state index contributed by atoms with van der Waals surface area (Å²) >= 11 is 0. The van der Waals surface area contributed by atoms with Crippen molar-refractivity contribution < 1.29 is 23.8 Å². The molecule has 1 atom stereocenters. The molecule has 0 spiro atoms. The van der Waals surface area contributed by atoms with E-state index < -0.39 is 23.7 Å². The molecule has 100 valence electrons. The molecule has 1 amide bonds. The van der Waals surface area contributed by atoms with Crippen LogP contribution < -0.4 is 10.4 Å². The number of carbonyl (C=O) groups is 2. The lowest BCUT2D eigenvalue weighted by Gasteiger charge is -2.23. The van der Waals surface area contributed by atoms with Gasteiger partial charge >= 0.3 is 6.09 Å². The minimum Gasteiger partial charge on any atom is -0.550 e. The van der Waals surface area contributed by atoms with Crippen LogP contribution in [0, 0.1) is 0 Å². The number of hydrogen-bond donors (Lipinski definition) is 1. The summed E-state index contributed by atoms with van der Waals surface area (Å²) < 4.78 is 10.1. The zero-order valence-electron chi connectivity index (χ0n) is 10.6. The van der Waals surface area contributed by atoms with Crippen LogP contribution in [0.15, 0.2) is 22.8 Å². The molecule has 18 heavy (non-hydrogen) atoms. The van der Waals surface area contributed by atoms with E-state index in [-0.39, 0.29) is 6.42 Å². The third kappa shape index (κ3) is 4.90. The Morgan fingerprint density at radius 1 is 1.50 bits per heavy atom. The van der Waals surface area contributed by atoms with Gasteiger partial charge in [0, 0.05) is 12.4 Å². The summed E-state index contributed by atoms with van der Waals surface area (Å²) in [6.45, 7) is 5.15. The van der Waals surface area contributed by atoms with Crippen molar-refractivity contribution in [3.8, 4) is 0 Å². The highest BCUT2D eigenvalue weighted by Crippen LogP contribution is 2.18. The molecule has 0 aromatic carbocycles. The lowest BCUT2D eigenvalue weighted by Crippen LogP contribution is -2.37. The maximum absolute atomic E-state index is 11.6. The molecule has 0 aliphatic heterocycles. The van der Waals surface area contributed by atoms with Gasteiger partial charge in [-0.15, -0.1) is 0 Å². The maximum Gasteiger partial charge on any atom is 0.408 e. The van der Waals surface area contributed by atoms with Gasteiger partial charge in [-0.1, -0.05) is 0 Å². The molecule has 6 heteroatoms. The predicted molar refractivity (Wildman–Crippen MR) is 60.4 cm³/mol. The summed E-state index contributed by atoms with van der Waals surface area (Å²) in [5.41, 5.74) is -0.654. The van der Waals surface area contributed by atoms with Crippen LogP contribution >= 0.6 is 0 Å². The topological polar surface area (TPSA) is 91.6 Å². The van der Waals surface area contributed by atoms with Crippen molar-refractivity contribution in [2.75, 3.05) is 0 Å². The zero-order valence-corrected chi connectivity index (χ0v) is 10.6. The van der Waals surface area contributed by atoms with Gasteiger partial charge < -0.3 is 24.4 Å². The Hall–Kier alpha value is -1.98. The Morgan fingerprint density at radius 3 is 2.61 bits per heavy atom. The van der Waals surface area contributed by atoms with E-state index in [0.29, 0.717) is 5.76 Å².